The summed E-state index contributed by atoms with van der Waals surface area (Å²) in [5.74, 6) is 0. The molecule has 0 aliphatic carbocycles. The van der Waals surface area contributed by atoms with Crippen molar-refractivity contribution in [1.82, 2.24) is 4.98 Å². The molecule has 0 aliphatic rings. The van der Waals surface area contributed by atoms with E-state index in [1.807, 2.05) is 30.5 Å². The SMILES string of the molecule is [C-]#[N+]c1cccc2[nH]ccc12. The van der Waals surface area contributed by atoms with Gasteiger partial charge in [0.15, 0.2) is 5.69 Å². The molecular formula is C9H6N2. The average molecular weight is 142 g/mol. The number of H-pyrrole nitrogens is 1. The molecule has 1 aromatic carbocycles. The Morgan fingerprint density at radius 2 is 2.18 bits per heavy atom. The number of nitrogens with zero attached hydrogens (tertiary/aromatic N) is 1. The Bertz CT molecular complexity index is 420. The molecule has 2 nitrogen and oxygen atoms in total. The first-order valence-corrected chi connectivity index (χ1v) is 3.35. The highest BCUT2D eigenvalue weighted by Gasteiger charge is 1.98. The maximum absolute atomic E-state index is 6.88. The summed E-state index contributed by atoms with van der Waals surface area (Å²) in [6, 6.07) is 7.59. The molecule has 52 valence electrons. The summed E-state index contributed by atoms with van der Waals surface area (Å²) >= 11 is 0. The van der Waals surface area contributed by atoms with Crippen LogP contribution < -0.4 is 0 Å². The molecule has 2 heteroatoms. The lowest BCUT2D eigenvalue weighted by Crippen LogP contribution is -1.65. The number of nitrogens with one attached hydrogen (secondary N) is 1. The van der Waals surface area contributed by atoms with Gasteiger partial charge in [0, 0.05) is 17.1 Å². The second kappa shape index (κ2) is 2.14. The Morgan fingerprint density at radius 1 is 1.27 bits per heavy atom. The van der Waals surface area contributed by atoms with Gasteiger partial charge in [-0.15, -0.1) is 0 Å². The molecule has 0 spiro atoms. The van der Waals surface area contributed by atoms with Gasteiger partial charge in [0.25, 0.3) is 0 Å². The maximum atomic E-state index is 6.88. The van der Waals surface area contributed by atoms with Gasteiger partial charge < -0.3 is 4.98 Å². The molecular weight excluding hydrogens is 136 g/mol. The number of fused-ring (bicyclic) bond motifs is 1. The Labute approximate surface area is 64.3 Å². The molecule has 2 aromatic rings. The minimum absolute atomic E-state index is 0.712. The summed E-state index contributed by atoms with van der Waals surface area (Å²) in [5.41, 5.74) is 1.74. The van der Waals surface area contributed by atoms with Crippen molar-refractivity contribution in [1.29, 1.82) is 0 Å². The van der Waals surface area contributed by atoms with Crippen LogP contribution >= 0.6 is 0 Å². The van der Waals surface area contributed by atoms with Crippen molar-refractivity contribution in [3.05, 3.63) is 41.9 Å². The molecule has 0 bridgehead atoms. The van der Waals surface area contributed by atoms with Gasteiger partial charge in [0.2, 0.25) is 0 Å². The highest BCUT2D eigenvalue weighted by atomic mass is 14.7. The Hall–Kier alpha value is -1.75. The van der Waals surface area contributed by atoms with Crippen LogP contribution in [0.25, 0.3) is 15.7 Å². The van der Waals surface area contributed by atoms with Crippen molar-refractivity contribution in [3.63, 3.8) is 0 Å². The molecule has 0 radical (unpaired) electrons. The van der Waals surface area contributed by atoms with Crippen molar-refractivity contribution in [2.75, 3.05) is 0 Å². The molecule has 11 heavy (non-hydrogen) atoms. The smallest absolute Gasteiger partial charge is 0.196 e. The summed E-state index contributed by atoms with van der Waals surface area (Å²) in [7, 11) is 0. The van der Waals surface area contributed by atoms with Crippen LogP contribution in [-0.4, -0.2) is 4.98 Å². The van der Waals surface area contributed by atoms with E-state index in [4.69, 9.17) is 6.57 Å². The van der Waals surface area contributed by atoms with Crippen LogP contribution in [0.1, 0.15) is 0 Å². The molecule has 0 atom stereocenters. The lowest BCUT2D eigenvalue weighted by molar-refractivity contribution is 1.48. The first-order valence-electron chi connectivity index (χ1n) is 3.35. The number of aromatic amines is 1. The number of hydrogen-bond acceptors (Lipinski definition) is 0. The second-order valence-electron chi connectivity index (χ2n) is 2.33. The van der Waals surface area contributed by atoms with Gasteiger partial charge in [-0.05, 0) is 12.1 Å². The van der Waals surface area contributed by atoms with Crippen molar-refractivity contribution in [3.8, 4) is 0 Å². The minimum Gasteiger partial charge on any atom is -0.362 e. The fourth-order valence-corrected chi connectivity index (χ4v) is 1.17. The van der Waals surface area contributed by atoms with Crippen molar-refractivity contribution < 1.29 is 0 Å². The fraction of sp³-hybridized carbons (Fsp3) is 0. The highest BCUT2D eigenvalue weighted by molar-refractivity contribution is 5.92. The number of hydrogen-bond donors (Lipinski definition) is 1. The summed E-state index contributed by atoms with van der Waals surface area (Å²) in [6.45, 7) is 6.88. The molecule has 0 unspecified atom stereocenters. The molecule has 0 amide bonds. The van der Waals surface area contributed by atoms with Crippen LogP contribution in [0.3, 0.4) is 0 Å². The lowest BCUT2D eigenvalue weighted by Gasteiger charge is -1.90. The maximum Gasteiger partial charge on any atom is 0.196 e. The van der Waals surface area contributed by atoms with E-state index in [1.165, 1.54) is 0 Å². The number of benzene rings is 1. The fourth-order valence-electron chi connectivity index (χ4n) is 1.17. The highest BCUT2D eigenvalue weighted by Crippen LogP contribution is 2.24. The third-order valence-corrected chi connectivity index (χ3v) is 1.69. The monoisotopic (exact) mass is 142 g/mol. The van der Waals surface area contributed by atoms with E-state index in [-0.39, 0.29) is 0 Å². The normalized spacial score (nSPS) is 9.73. The summed E-state index contributed by atoms with van der Waals surface area (Å²) < 4.78 is 0. The van der Waals surface area contributed by atoms with Gasteiger partial charge in [0.05, 0.1) is 6.57 Å². The van der Waals surface area contributed by atoms with E-state index in [2.05, 4.69) is 9.83 Å². The summed E-state index contributed by atoms with van der Waals surface area (Å²) in [5, 5.41) is 1.00. The average Bonchev–Trinajstić information content (AvgIpc) is 2.50. The predicted molar refractivity (Wildman–Crippen MR) is 44.6 cm³/mol. The zero-order chi connectivity index (χ0) is 7.68. The van der Waals surface area contributed by atoms with Gasteiger partial charge in [-0.3, -0.25) is 0 Å². The molecule has 0 saturated carbocycles. The topological polar surface area (TPSA) is 20.1 Å². The first-order chi connectivity index (χ1) is 5.42. The molecule has 1 N–H and O–H groups in total. The molecule has 2 rings (SSSR count). The minimum atomic E-state index is 0.712. The quantitative estimate of drug-likeness (QED) is 0.546. The van der Waals surface area contributed by atoms with Gasteiger partial charge in [-0.25, -0.2) is 4.85 Å². The zero-order valence-electron chi connectivity index (χ0n) is 5.83. The third-order valence-electron chi connectivity index (χ3n) is 1.69. The zero-order valence-corrected chi connectivity index (χ0v) is 5.83. The van der Waals surface area contributed by atoms with Crippen molar-refractivity contribution >= 4 is 16.6 Å². The van der Waals surface area contributed by atoms with Gasteiger partial charge in [-0.2, -0.15) is 0 Å². The largest absolute Gasteiger partial charge is 0.362 e. The Balaban J connectivity index is 2.92. The van der Waals surface area contributed by atoms with E-state index >= 15 is 0 Å². The molecule has 1 heterocycles. The number of rotatable bonds is 0. The van der Waals surface area contributed by atoms with E-state index in [0.29, 0.717) is 5.69 Å². The lowest BCUT2D eigenvalue weighted by atomic mass is 10.2. The van der Waals surface area contributed by atoms with Gasteiger partial charge in [0.1, 0.15) is 0 Å². The standard InChI is InChI=1S/C9H6N2/c1-10-8-3-2-4-9-7(8)5-6-11-9/h2-6,11H. The third kappa shape index (κ3) is 0.786. The molecule has 0 fully saturated rings. The van der Waals surface area contributed by atoms with Crippen LogP contribution in [0.4, 0.5) is 5.69 Å². The Morgan fingerprint density at radius 3 is 3.00 bits per heavy atom. The van der Waals surface area contributed by atoms with Crippen LogP contribution in [0, 0.1) is 6.57 Å². The van der Waals surface area contributed by atoms with Crippen molar-refractivity contribution in [2.24, 2.45) is 0 Å². The van der Waals surface area contributed by atoms with Crippen LogP contribution in [0.5, 0.6) is 0 Å². The van der Waals surface area contributed by atoms with Crippen LogP contribution in [-0.2, 0) is 0 Å². The van der Waals surface area contributed by atoms with Gasteiger partial charge in [-0.1, -0.05) is 12.1 Å². The van der Waals surface area contributed by atoms with E-state index in [0.717, 1.165) is 10.9 Å². The Kier molecular flexibility index (Phi) is 1.16. The first kappa shape index (κ1) is 5.99. The van der Waals surface area contributed by atoms with Crippen LogP contribution in [0.2, 0.25) is 0 Å². The molecule has 1 aromatic heterocycles. The molecule has 0 aliphatic heterocycles. The predicted octanol–water partition coefficient (Wildman–Crippen LogP) is 2.72. The summed E-state index contributed by atoms with van der Waals surface area (Å²) in [4.78, 5) is 6.45. The van der Waals surface area contributed by atoms with E-state index in [9.17, 15) is 0 Å². The second-order valence-corrected chi connectivity index (χ2v) is 2.33. The van der Waals surface area contributed by atoms with Crippen molar-refractivity contribution in [2.45, 2.75) is 0 Å². The number of aromatic nitrogens is 1. The van der Waals surface area contributed by atoms with E-state index in [1.54, 1.807) is 0 Å². The van der Waals surface area contributed by atoms with E-state index < -0.39 is 0 Å². The summed E-state index contributed by atoms with van der Waals surface area (Å²) in [6.07, 6.45) is 1.85. The van der Waals surface area contributed by atoms with Crippen LogP contribution in [0.15, 0.2) is 30.5 Å². The molecule has 0 saturated heterocycles. The van der Waals surface area contributed by atoms with Gasteiger partial charge >= 0.3 is 0 Å².